The lowest BCUT2D eigenvalue weighted by atomic mass is 10.1. The van der Waals surface area contributed by atoms with E-state index in [2.05, 4.69) is 11.0 Å². The minimum Gasteiger partial charge on any atom is -0.497 e. The third kappa shape index (κ3) is 4.07. The SMILES string of the molecule is COc1ccc(C(C#N)N2CCN(C(=O)c3ccc(-n4cccc4)cc3)CC2)cc1. The average molecular weight is 400 g/mol. The van der Waals surface area contributed by atoms with Gasteiger partial charge in [0.25, 0.3) is 5.91 Å². The van der Waals surface area contributed by atoms with Gasteiger partial charge in [0.15, 0.2) is 0 Å². The zero-order valence-corrected chi connectivity index (χ0v) is 16.9. The Morgan fingerprint density at radius 2 is 1.60 bits per heavy atom. The van der Waals surface area contributed by atoms with Crippen LogP contribution in [0.2, 0.25) is 0 Å². The molecule has 2 aromatic carbocycles. The van der Waals surface area contributed by atoms with Gasteiger partial charge in [-0.25, -0.2) is 0 Å². The predicted octanol–water partition coefficient (Wildman–Crippen LogP) is 3.51. The summed E-state index contributed by atoms with van der Waals surface area (Å²) < 4.78 is 7.20. The van der Waals surface area contributed by atoms with Crippen LogP contribution in [0.5, 0.6) is 5.75 Å². The normalized spacial score (nSPS) is 15.4. The smallest absolute Gasteiger partial charge is 0.253 e. The van der Waals surface area contributed by atoms with Crippen molar-refractivity contribution in [3.63, 3.8) is 0 Å². The molecule has 0 bridgehead atoms. The third-order valence-electron chi connectivity index (χ3n) is 5.54. The Kier molecular flexibility index (Phi) is 5.82. The van der Waals surface area contributed by atoms with Gasteiger partial charge >= 0.3 is 0 Å². The van der Waals surface area contributed by atoms with Crippen LogP contribution < -0.4 is 4.74 Å². The van der Waals surface area contributed by atoms with Crippen molar-refractivity contribution in [3.05, 3.63) is 84.2 Å². The summed E-state index contributed by atoms with van der Waals surface area (Å²) in [6, 6.07) is 21.3. The van der Waals surface area contributed by atoms with Crippen LogP contribution in [0.4, 0.5) is 0 Å². The predicted molar refractivity (Wildman–Crippen MR) is 115 cm³/mol. The molecule has 1 aromatic heterocycles. The average Bonchev–Trinajstić information content (AvgIpc) is 3.35. The number of amides is 1. The van der Waals surface area contributed by atoms with Crippen LogP contribution in [-0.2, 0) is 0 Å². The van der Waals surface area contributed by atoms with Crippen LogP contribution in [-0.4, -0.2) is 53.6 Å². The molecule has 0 N–H and O–H groups in total. The van der Waals surface area contributed by atoms with E-state index in [9.17, 15) is 10.1 Å². The van der Waals surface area contributed by atoms with E-state index in [4.69, 9.17) is 4.74 Å². The van der Waals surface area contributed by atoms with Crippen LogP contribution in [0.15, 0.2) is 73.1 Å². The molecule has 152 valence electrons. The Hall–Kier alpha value is -3.56. The number of rotatable bonds is 5. The van der Waals surface area contributed by atoms with Crippen molar-refractivity contribution in [2.24, 2.45) is 0 Å². The first-order chi connectivity index (χ1) is 14.7. The van der Waals surface area contributed by atoms with Crippen molar-refractivity contribution < 1.29 is 9.53 Å². The Balaban J connectivity index is 1.38. The molecule has 2 heterocycles. The van der Waals surface area contributed by atoms with E-state index in [1.54, 1.807) is 7.11 Å². The van der Waals surface area contributed by atoms with Crippen molar-refractivity contribution >= 4 is 5.91 Å². The number of benzene rings is 2. The molecule has 1 amide bonds. The zero-order valence-electron chi connectivity index (χ0n) is 16.9. The number of aromatic nitrogens is 1. The van der Waals surface area contributed by atoms with Crippen molar-refractivity contribution in [3.8, 4) is 17.5 Å². The summed E-state index contributed by atoms with van der Waals surface area (Å²) >= 11 is 0. The second-order valence-electron chi connectivity index (χ2n) is 7.27. The summed E-state index contributed by atoms with van der Waals surface area (Å²) in [6.07, 6.45) is 3.95. The number of nitrogens with zero attached hydrogens (tertiary/aromatic N) is 4. The molecule has 1 aliphatic rings. The fraction of sp³-hybridized carbons (Fsp3) is 0.250. The molecule has 30 heavy (non-hydrogen) atoms. The highest BCUT2D eigenvalue weighted by Crippen LogP contribution is 2.24. The molecule has 6 heteroatoms. The quantitative estimate of drug-likeness (QED) is 0.658. The van der Waals surface area contributed by atoms with Crippen LogP contribution in [0.25, 0.3) is 5.69 Å². The van der Waals surface area contributed by atoms with Gasteiger partial charge in [-0.05, 0) is 54.1 Å². The standard InChI is InChI=1S/C24H24N4O2/c1-30-22-10-6-19(7-11-22)23(18-25)27-14-16-28(17-15-27)24(29)20-4-8-21(9-5-20)26-12-2-3-13-26/h2-13,23H,14-17H2,1H3. The lowest BCUT2D eigenvalue weighted by Crippen LogP contribution is -2.49. The molecular formula is C24H24N4O2. The highest BCUT2D eigenvalue weighted by Gasteiger charge is 2.27. The number of methoxy groups -OCH3 is 1. The lowest BCUT2D eigenvalue weighted by Gasteiger charge is -2.37. The molecule has 3 aromatic rings. The summed E-state index contributed by atoms with van der Waals surface area (Å²) in [6.45, 7) is 2.54. The number of hydrogen-bond acceptors (Lipinski definition) is 4. The van der Waals surface area contributed by atoms with E-state index in [1.807, 2.05) is 82.5 Å². The van der Waals surface area contributed by atoms with Gasteiger partial charge in [0, 0.05) is 49.8 Å². The maximum absolute atomic E-state index is 12.9. The first kappa shape index (κ1) is 19.7. The fourth-order valence-electron chi connectivity index (χ4n) is 3.80. The van der Waals surface area contributed by atoms with Gasteiger partial charge < -0.3 is 14.2 Å². The molecule has 1 atom stereocenters. The first-order valence-corrected chi connectivity index (χ1v) is 10.00. The van der Waals surface area contributed by atoms with E-state index in [0.29, 0.717) is 31.7 Å². The van der Waals surface area contributed by atoms with Gasteiger partial charge in [0.2, 0.25) is 0 Å². The maximum atomic E-state index is 12.9. The summed E-state index contributed by atoms with van der Waals surface area (Å²) in [5.41, 5.74) is 2.66. The van der Waals surface area contributed by atoms with Crippen LogP contribution in [0, 0.1) is 11.3 Å². The molecule has 0 radical (unpaired) electrons. The maximum Gasteiger partial charge on any atom is 0.253 e. The molecular weight excluding hydrogens is 376 g/mol. The third-order valence-corrected chi connectivity index (χ3v) is 5.54. The minimum absolute atomic E-state index is 0.0339. The molecule has 1 fully saturated rings. The number of piperazine rings is 1. The van der Waals surface area contributed by atoms with E-state index < -0.39 is 0 Å². The fourth-order valence-corrected chi connectivity index (χ4v) is 3.80. The second-order valence-corrected chi connectivity index (χ2v) is 7.27. The van der Waals surface area contributed by atoms with E-state index in [-0.39, 0.29) is 11.9 Å². The van der Waals surface area contributed by atoms with Gasteiger partial charge in [-0.2, -0.15) is 5.26 Å². The van der Waals surface area contributed by atoms with Crippen molar-refractivity contribution in [2.45, 2.75) is 6.04 Å². The molecule has 0 aliphatic carbocycles. The number of nitriles is 1. The van der Waals surface area contributed by atoms with Gasteiger partial charge in [-0.3, -0.25) is 9.69 Å². The van der Waals surface area contributed by atoms with E-state index >= 15 is 0 Å². The number of carbonyl (C=O) groups excluding carboxylic acids is 1. The van der Waals surface area contributed by atoms with Crippen molar-refractivity contribution in [1.29, 1.82) is 5.26 Å². The first-order valence-electron chi connectivity index (χ1n) is 10.00. The lowest BCUT2D eigenvalue weighted by molar-refractivity contribution is 0.0606. The van der Waals surface area contributed by atoms with Crippen molar-refractivity contribution in [1.82, 2.24) is 14.4 Å². The molecule has 6 nitrogen and oxygen atoms in total. The van der Waals surface area contributed by atoms with Gasteiger partial charge in [-0.1, -0.05) is 12.1 Å². The summed E-state index contributed by atoms with van der Waals surface area (Å²) in [5, 5.41) is 9.71. The largest absolute Gasteiger partial charge is 0.497 e. The molecule has 1 aliphatic heterocycles. The minimum atomic E-state index is -0.325. The number of carbonyl (C=O) groups is 1. The van der Waals surface area contributed by atoms with E-state index in [0.717, 1.165) is 17.0 Å². The van der Waals surface area contributed by atoms with Crippen LogP contribution >= 0.6 is 0 Å². The number of hydrogen-bond donors (Lipinski definition) is 0. The van der Waals surface area contributed by atoms with Gasteiger partial charge in [0.1, 0.15) is 11.8 Å². The van der Waals surface area contributed by atoms with Gasteiger partial charge in [0.05, 0.1) is 13.2 Å². The van der Waals surface area contributed by atoms with Crippen LogP contribution in [0.3, 0.4) is 0 Å². The molecule has 0 saturated carbocycles. The Morgan fingerprint density at radius 3 is 2.17 bits per heavy atom. The number of ether oxygens (including phenoxy) is 1. The summed E-state index contributed by atoms with van der Waals surface area (Å²) in [5.74, 6) is 0.806. The second kappa shape index (κ2) is 8.85. The highest BCUT2D eigenvalue weighted by atomic mass is 16.5. The summed E-state index contributed by atoms with van der Waals surface area (Å²) in [4.78, 5) is 16.9. The molecule has 4 rings (SSSR count). The zero-order chi connectivity index (χ0) is 20.9. The van der Waals surface area contributed by atoms with Crippen molar-refractivity contribution in [2.75, 3.05) is 33.3 Å². The van der Waals surface area contributed by atoms with Gasteiger partial charge in [-0.15, -0.1) is 0 Å². The Labute approximate surface area is 176 Å². The summed E-state index contributed by atoms with van der Waals surface area (Å²) in [7, 11) is 1.63. The monoisotopic (exact) mass is 400 g/mol. The molecule has 1 unspecified atom stereocenters. The Morgan fingerprint density at radius 1 is 0.967 bits per heavy atom. The Bertz CT molecular complexity index is 1010. The van der Waals surface area contributed by atoms with E-state index in [1.165, 1.54) is 0 Å². The molecule has 1 saturated heterocycles. The highest BCUT2D eigenvalue weighted by molar-refractivity contribution is 5.94. The topological polar surface area (TPSA) is 61.5 Å². The molecule has 0 spiro atoms. The van der Waals surface area contributed by atoms with Crippen LogP contribution in [0.1, 0.15) is 22.0 Å².